The molecule has 8 rings (SSSR count). The van der Waals surface area contributed by atoms with E-state index in [4.69, 9.17) is 71.1 Å². The SMILES string of the molecule is CC(=O)N[C@H]1[C@H](O[C@H]2[C@@H](O)[C@@H](CO[C@@H]3O[C@H](CO)[C@@H](O[C@@H]4O[C@H](CO)[C@H](O)[C@H](O)[C@H]4O)[C@H](O[C@@H]4O[C@@H](C)[C@@H](O)[C@@H](O)[C@@H]4O)[C@H]3NC(C)=O)O[C@@H](O[C@H]3[C@H](O)[C@@H](O)C(O)O[C@@H]3CO)[C@@H]2O)O[C@H](CO)[C@@H](O[C@@H]2O[C@H](CO[C@]3(C(=O)O)C[C@H](O)[C@@H](NC(C)=O)[C@H]([C@H](O)[C@H](O)CO)O3)[C@H](O)[C@H](O)[C@H]2O)[C@@H]1O. The Labute approximate surface area is 582 Å². The summed E-state index contributed by atoms with van der Waals surface area (Å²) < 4.78 is 87.8. The summed E-state index contributed by atoms with van der Waals surface area (Å²) in [5, 5.41) is 269. The molecule has 0 radical (unpaired) electrons. The molecule has 103 heavy (non-hydrogen) atoms. The molecule has 1 unspecified atom stereocenters. The van der Waals surface area contributed by atoms with E-state index in [-0.39, 0.29) is 0 Å². The van der Waals surface area contributed by atoms with E-state index in [0.717, 1.165) is 20.8 Å². The Morgan fingerprint density at radius 1 is 0.417 bits per heavy atom. The zero-order chi connectivity index (χ0) is 76.3. The van der Waals surface area contributed by atoms with Crippen LogP contribution in [0.4, 0.5) is 0 Å². The fourth-order valence-electron chi connectivity index (χ4n) is 13.1. The second-order valence-electron chi connectivity index (χ2n) is 26.1. The van der Waals surface area contributed by atoms with Crippen molar-refractivity contribution >= 4 is 23.7 Å². The second kappa shape index (κ2) is 36.3. The molecule has 46 nitrogen and oxygen atoms in total. The van der Waals surface area contributed by atoms with Crippen molar-refractivity contribution in [3.05, 3.63) is 0 Å². The summed E-state index contributed by atoms with van der Waals surface area (Å²) in [6.07, 6.45) is -77.4. The highest BCUT2D eigenvalue weighted by atomic mass is 16.8. The van der Waals surface area contributed by atoms with E-state index in [9.17, 15) is 142 Å². The lowest BCUT2D eigenvalue weighted by Crippen LogP contribution is -2.70. The Hall–Kier alpha value is -3.64. The van der Waals surface area contributed by atoms with Gasteiger partial charge in [0.1, 0.15) is 183 Å². The van der Waals surface area contributed by atoms with Crippen molar-refractivity contribution in [2.24, 2.45) is 0 Å². The van der Waals surface area contributed by atoms with E-state index in [1.54, 1.807) is 0 Å². The van der Waals surface area contributed by atoms with Gasteiger partial charge in [0.25, 0.3) is 5.79 Å². The topological polar surface area (TPSA) is 728 Å². The molecule has 0 aromatic rings. The maximum Gasteiger partial charge on any atom is 0.364 e. The Morgan fingerprint density at radius 2 is 0.845 bits per heavy atom. The third-order valence-electron chi connectivity index (χ3n) is 18.8. The molecule has 8 aliphatic rings. The first kappa shape index (κ1) is 85.0. The van der Waals surface area contributed by atoms with E-state index in [0.29, 0.717) is 0 Å². The minimum atomic E-state index is -3.06. The van der Waals surface area contributed by atoms with E-state index in [2.05, 4.69) is 16.0 Å². The van der Waals surface area contributed by atoms with E-state index in [1.165, 1.54) is 6.92 Å². The van der Waals surface area contributed by atoms with Crippen molar-refractivity contribution in [1.82, 2.24) is 16.0 Å². The summed E-state index contributed by atoms with van der Waals surface area (Å²) >= 11 is 0. The summed E-state index contributed by atoms with van der Waals surface area (Å²) in [6, 6.07) is -5.53. The first-order chi connectivity index (χ1) is 48.5. The highest BCUT2D eigenvalue weighted by Crippen LogP contribution is 2.40. The fourth-order valence-corrected chi connectivity index (χ4v) is 13.1. The summed E-state index contributed by atoms with van der Waals surface area (Å²) in [6.45, 7) is -3.70. The number of carbonyl (C=O) groups is 4. The van der Waals surface area contributed by atoms with Crippen molar-refractivity contribution < 1.29 is 213 Å². The van der Waals surface area contributed by atoms with Gasteiger partial charge in [-0.2, -0.15) is 0 Å². The van der Waals surface area contributed by atoms with Crippen molar-refractivity contribution in [2.45, 2.75) is 285 Å². The number of aliphatic hydroxyl groups excluding tert-OH is 23. The normalized spacial score (nSPS) is 48.3. The van der Waals surface area contributed by atoms with Crippen LogP contribution in [0.1, 0.15) is 34.1 Å². The van der Waals surface area contributed by atoms with Crippen LogP contribution < -0.4 is 16.0 Å². The van der Waals surface area contributed by atoms with Gasteiger partial charge in [0.05, 0.1) is 64.5 Å². The van der Waals surface area contributed by atoms with Gasteiger partial charge in [-0.15, -0.1) is 0 Å². The Morgan fingerprint density at radius 3 is 1.39 bits per heavy atom. The maximum atomic E-state index is 13.2. The van der Waals surface area contributed by atoms with Crippen molar-refractivity contribution in [3.63, 3.8) is 0 Å². The average Bonchev–Trinajstić information content (AvgIpc) is 0.774. The first-order valence-corrected chi connectivity index (χ1v) is 32.6. The highest BCUT2D eigenvalue weighted by molar-refractivity contribution is 5.77. The number of aliphatic carboxylic acids is 1. The maximum absolute atomic E-state index is 13.2. The van der Waals surface area contributed by atoms with Crippen LogP contribution in [0, 0.1) is 0 Å². The number of carboxylic acids is 1. The third-order valence-corrected chi connectivity index (χ3v) is 18.8. The Balaban J connectivity index is 1.08. The van der Waals surface area contributed by atoms with Gasteiger partial charge in [-0.05, 0) is 6.92 Å². The molecular formula is C57H95N3O43. The number of hydrogen-bond donors (Lipinski definition) is 27. The zero-order valence-corrected chi connectivity index (χ0v) is 55.2. The predicted molar refractivity (Wildman–Crippen MR) is 315 cm³/mol. The van der Waals surface area contributed by atoms with Gasteiger partial charge in [0.15, 0.2) is 44.0 Å². The van der Waals surface area contributed by atoms with Crippen LogP contribution in [0.2, 0.25) is 0 Å². The highest BCUT2D eigenvalue weighted by Gasteiger charge is 2.61. The number of amides is 3. The van der Waals surface area contributed by atoms with Crippen molar-refractivity contribution in [3.8, 4) is 0 Å². The fraction of sp³-hybridized carbons (Fsp3) is 0.930. The molecule has 8 aliphatic heterocycles. The monoisotopic (exact) mass is 1510 g/mol. The standard InChI is InChI=1S/C57H95N3O43/c1-13-28(71)34(77)39(82)52(91-13)101-47-27(60-16(4)68)50(94-22(10-65)45(47)100-53-40(83)35(78)30(73)19(7-62)93-53)89-11-23-32(75)48(42(85)55(96-23)99-44-20(8-63)92-49(86)38(81)37(44)80)102-51-26(59-15(3)67)33(76)43(21(9-64)95-51)98-54-41(84)36(79)31(74)24(97-54)12-90-57(56(87)88)5-17(69)25(58-14(2)66)46(103-57)29(72)18(70)6-61/h13,17-55,61-65,69-86H,5-12H2,1-4H3,(H,58,66)(H,59,67)(H,60,68)(H,87,88)/t13-,17-,18+,19+,20+,21+,22+,23+,24+,25+,26+,27+,28+,29+,30-,31-,32-,33+,34+,35-,36-,37+,38+,39-,40+,41+,42+,43+,44+,45+,46+,47+,48-,49?,50+,51-,52-,53-,54-,55-,57+/m0/s1. The molecular weight excluding hydrogens is 1410 g/mol. The molecule has 8 fully saturated rings. The van der Waals surface area contributed by atoms with Crippen molar-refractivity contribution in [2.75, 3.05) is 46.2 Å². The molecule has 8 heterocycles. The molecule has 41 atom stereocenters. The summed E-state index contributed by atoms with van der Waals surface area (Å²) in [4.78, 5) is 51.3. The van der Waals surface area contributed by atoms with Gasteiger partial charge in [0.2, 0.25) is 17.7 Å². The molecule has 0 aromatic heterocycles. The largest absolute Gasteiger partial charge is 0.477 e. The van der Waals surface area contributed by atoms with Crippen LogP contribution in [-0.4, -0.2) is 444 Å². The van der Waals surface area contributed by atoms with E-state index in [1.807, 2.05) is 0 Å². The van der Waals surface area contributed by atoms with Gasteiger partial charge < -0.3 is 210 Å². The molecule has 3 amide bonds. The summed E-state index contributed by atoms with van der Waals surface area (Å²) in [7, 11) is 0. The number of aliphatic hydroxyl groups is 23. The smallest absolute Gasteiger partial charge is 0.364 e. The zero-order valence-electron chi connectivity index (χ0n) is 55.2. The van der Waals surface area contributed by atoms with E-state index < -0.39 is 327 Å². The molecule has 596 valence electrons. The van der Waals surface area contributed by atoms with Gasteiger partial charge >= 0.3 is 5.97 Å². The number of ether oxygens (including phenoxy) is 15. The summed E-state index contributed by atoms with van der Waals surface area (Å²) in [5.41, 5.74) is 0. The van der Waals surface area contributed by atoms with Gasteiger partial charge in [0, 0.05) is 27.2 Å². The molecule has 0 saturated carbocycles. The van der Waals surface area contributed by atoms with Crippen LogP contribution in [0.5, 0.6) is 0 Å². The lowest BCUT2D eigenvalue weighted by molar-refractivity contribution is -0.388. The minimum absolute atomic E-state index is 0.824. The number of nitrogens with one attached hydrogen (secondary N) is 3. The van der Waals surface area contributed by atoms with Gasteiger partial charge in [-0.25, -0.2) is 4.79 Å². The van der Waals surface area contributed by atoms with Crippen LogP contribution in [0.15, 0.2) is 0 Å². The average molecular weight is 1510 g/mol. The van der Waals surface area contributed by atoms with Crippen LogP contribution in [-0.2, 0) is 90.2 Å². The molecule has 27 N–H and O–H groups in total. The van der Waals surface area contributed by atoms with Gasteiger partial charge in [-0.1, -0.05) is 0 Å². The molecule has 0 aliphatic carbocycles. The quantitative estimate of drug-likeness (QED) is 0.0363. The summed E-state index contributed by atoms with van der Waals surface area (Å²) in [5.74, 6) is -7.83. The van der Waals surface area contributed by atoms with Crippen LogP contribution >= 0.6 is 0 Å². The predicted octanol–water partition coefficient (Wildman–Crippen LogP) is -17.8. The lowest BCUT2D eigenvalue weighted by atomic mass is 9.88. The molecule has 0 bridgehead atoms. The van der Waals surface area contributed by atoms with Crippen molar-refractivity contribution in [1.29, 1.82) is 0 Å². The molecule has 46 heteroatoms. The molecule has 0 spiro atoms. The van der Waals surface area contributed by atoms with E-state index >= 15 is 0 Å². The molecule has 8 saturated heterocycles. The van der Waals surface area contributed by atoms with Gasteiger partial charge in [-0.3, -0.25) is 14.4 Å². The molecule has 0 aromatic carbocycles. The third kappa shape index (κ3) is 18.6. The first-order valence-electron chi connectivity index (χ1n) is 32.6. The minimum Gasteiger partial charge on any atom is -0.477 e. The number of carbonyl (C=O) groups excluding carboxylic acids is 3. The number of carboxylic acid groups (broad SMARTS) is 1. The lowest BCUT2D eigenvalue weighted by Gasteiger charge is -2.51. The second-order valence-corrected chi connectivity index (χ2v) is 26.1. The van der Waals surface area contributed by atoms with Crippen LogP contribution in [0.3, 0.4) is 0 Å². The Bertz CT molecular complexity index is 2720. The number of hydrogen-bond acceptors (Lipinski definition) is 42. The van der Waals surface area contributed by atoms with Crippen LogP contribution in [0.25, 0.3) is 0 Å². The number of rotatable bonds is 27. The Kier molecular flexibility index (Phi) is 29.9.